The van der Waals surface area contributed by atoms with Gasteiger partial charge in [-0.25, -0.2) is 4.68 Å². The standard InChI is InChI=1S/C20H21N3O2/c1-22(20(24)14-16-7-5-9-18(13-16)25-2)15-17-8-3-4-10-19(17)23-12-6-11-21-23/h3-13H,14-15H2,1-2H3. The second-order valence-electron chi connectivity index (χ2n) is 5.86. The van der Waals surface area contributed by atoms with Gasteiger partial charge in [0.1, 0.15) is 5.75 Å². The van der Waals surface area contributed by atoms with Crippen LogP contribution in [-0.4, -0.2) is 34.7 Å². The maximum Gasteiger partial charge on any atom is 0.227 e. The van der Waals surface area contributed by atoms with Crippen molar-refractivity contribution < 1.29 is 9.53 Å². The number of rotatable bonds is 6. The van der Waals surface area contributed by atoms with Gasteiger partial charge in [0.25, 0.3) is 0 Å². The third-order valence-corrected chi connectivity index (χ3v) is 4.07. The average molecular weight is 335 g/mol. The van der Waals surface area contributed by atoms with E-state index in [9.17, 15) is 4.79 Å². The van der Waals surface area contributed by atoms with Crippen LogP contribution in [0, 0.1) is 0 Å². The average Bonchev–Trinajstić information content (AvgIpc) is 3.16. The molecule has 5 nitrogen and oxygen atoms in total. The summed E-state index contributed by atoms with van der Waals surface area (Å²) in [5.41, 5.74) is 2.97. The molecular weight excluding hydrogens is 314 g/mol. The van der Waals surface area contributed by atoms with Crippen LogP contribution >= 0.6 is 0 Å². The molecule has 0 radical (unpaired) electrons. The highest BCUT2D eigenvalue weighted by atomic mass is 16.5. The SMILES string of the molecule is COc1cccc(CC(=O)N(C)Cc2ccccc2-n2cccn2)c1. The molecule has 0 aliphatic rings. The number of amides is 1. The Kier molecular flexibility index (Phi) is 5.14. The third-order valence-electron chi connectivity index (χ3n) is 4.07. The fourth-order valence-electron chi connectivity index (χ4n) is 2.72. The molecule has 0 atom stereocenters. The lowest BCUT2D eigenvalue weighted by molar-refractivity contribution is -0.129. The minimum absolute atomic E-state index is 0.0588. The number of aromatic nitrogens is 2. The highest BCUT2D eigenvalue weighted by Gasteiger charge is 2.13. The predicted molar refractivity (Wildman–Crippen MR) is 96.7 cm³/mol. The van der Waals surface area contributed by atoms with E-state index < -0.39 is 0 Å². The summed E-state index contributed by atoms with van der Waals surface area (Å²) in [6.45, 7) is 0.527. The van der Waals surface area contributed by atoms with Gasteiger partial charge in [-0.1, -0.05) is 30.3 Å². The summed E-state index contributed by atoms with van der Waals surface area (Å²) in [7, 11) is 3.45. The van der Waals surface area contributed by atoms with Crippen LogP contribution in [0.1, 0.15) is 11.1 Å². The van der Waals surface area contributed by atoms with E-state index in [0.717, 1.165) is 22.6 Å². The Morgan fingerprint density at radius 2 is 2.00 bits per heavy atom. The summed E-state index contributed by atoms with van der Waals surface area (Å²) >= 11 is 0. The molecule has 0 aliphatic carbocycles. The maximum absolute atomic E-state index is 12.6. The monoisotopic (exact) mass is 335 g/mol. The van der Waals surface area contributed by atoms with Crippen molar-refractivity contribution in [1.82, 2.24) is 14.7 Å². The Balaban J connectivity index is 1.72. The lowest BCUT2D eigenvalue weighted by atomic mass is 10.1. The minimum Gasteiger partial charge on any atom is -0.497 e. The summed E-state index contributed by atoms with van der Waals surface area (Å²) in [6.07, 6.45) is 3.99. The quantitative estimate of drug-likeness (QED) is 0.695. The molecule has 128 valence electrons. The normalized spacial score (nSPS) is 10.5. The molecule has 0 N–H and O–H groups in total. The zero-order valence-corrected chi connectivity index (χ0v) is 14.4. The number of carbonyl (C=O) groups is 1. The van der Waals surface area contributed by atoms with Gasteiger partial charge in [-0.05, 0) is 35.4 Å². The molecule has 1 amide bonds. The maximum atomic E-state index is 12.6. The van der Waals surface area contributed by atoms with Crippen molar-refractivity contribution in [2.24, 2.45) is 0 Å². The van der Waals surface area contributed by atoms with Crippen molar-refractivity contribution in [2.45, 2.75) is 13.0 Å². The van der Waals surface area contributed by atoms with Gasteiger partial charge < -0.3 is 9.64 Å². The van der Waals surface area contributed by atoms with Crippen LogP contribution in [0.5, 0.6) is 5.75 Å². The molecule has 0 aliphatic heterocycles. The number of methoxy groups -OCH3 is 1. The summed E-state index contributed by atoms with van der Waals surface area (Å²) < 4.78 is 7.03. The summed E-state index contributed by atoms with van der Waals surface area (Å²) in [5.74, 6) is 0.820. The van der Waals surface area contributed by atoms with Crippen LogP contribution in [0.25, 0.3) is 5.69 Å². The second kappa shape index (κ2) is 7.66. The molecule has 0 fully saturated rings. The first-order valence-electron chi connectivity index (χ1n) is 8.12. The van der Waals surface area contributed by atoms with Crippen molar-refractivity contribution in [3.05, 3.63) is 78.1 Å². The van der Waals surface area contributed by atoms with E-state index >= 15 is 0 Å². The predicted octanol–water partition coefficient (Wildman–Crippen LogP) is 3.08. The van der Waals surface area contributed by atoms with Gasteiger partial charge in [0.15, 0.2) is 0 Å². The van der Waals surface area contributed by atoms with Crippen LogP contribution < -0.4 is 4.74 Å². The number of carbonyl (C=O) groups excluding carboxylic acids is 1. The first-order valence-corrected chi connectivity index (χ1v) is 8.12. The van der Waals surface area contributed by atoms with Gasteiger partial charge in [0.05, 0.1) is 19.2 Å². The Morgan fingerprint density at radius 3 is 2.76 bits per heavy atom. The van der Waals surface area contributed by atoms with Crippen molar-refractivity contribution >= 4 is 5.91 Å². The van der Waals surface area contributed by atoms with E-state index in [2.05, 4.69) is 5.10 Å². The highest BCUT2D eigenvalue weighted by molar-refractivity contribution is 5.78. The van der Waals surface area contributed by atoms with Gasteiger partial charge in [-0.3, -0.25) is 4.79 Å². The van der Waals surface area contributed by atoms with Crippen molar-refractivity contribution in [2.75, 3.05) is 14.2 Å². The lowest BCUT2D eigenvalue weighted by Gasteiger charge is -2.19. The summed E-state index contributed by atoms with van der Waals surface area (Å²) in [4.78, 5) is 14.3. The number of nitrogens with zero attached hydrogens (tertiary/aromatic N) is 3. The Hall–Kier alpha value is -3.08. The van der Waals surface area contributed by atoms with Crippen LogP contribution in [0.2, 0.25) is 0 Å². The molecule has 0 bridgehead atoms. The van der Waals surface area contributed by atoms with Crippen molar-refractivity contribution in [3.63, 3.8) is 0 Å². The fourth-order valence-corrected chi connectivity index (χ4v) is 2.72. The molecule has 25 heavy (non-hydrogen) atoms. The molecular formula is C20H21N3O2. The van der Waals surface area contributed by atoms with E-state index in [0.29, 0.717) is 13.0 Å². The number of hydrogen-bond donors (Lipinski definition) is 0. The van der Waals surface area contributed by atoms with E-state index in [-0.39, 0.29) is 5.91 Å². The molecule has 5 heteroatoms. The summed E-state index contributed by atoms with van der Waals surface area (Å²) in [5, 5.41) is 4.29. The van der Waals surface area contributed by atoms with Gasteiger partial charge in [0.2, 0.25) is 5.91 Å². The number of likely N-dealkylation sites (N-methyl/N-ethyl adjacent to an activating group) is 1. The first kappa shape index (κ1) is 16.8. The molecule has 2 aromatic carbocycles. The Bertz CT molecular complexity index is 844. The van der Waals surface area contributed by atoms with E-state index in [1.165, 1.54) is 0 Å². The van der Waals surface area contributed by atoms with Gasteiger partial charge in [-0.2, -0.15) is 5.10 Å². The van der Waals surface area contributed by atoms with Crippen LogP contribution in [0.15, 0.2) is 67.0 Å². The lowest BCUT2D eigenvalue weighted by Crippen LogP contribution is -2.28. The fraction of sp³-hybridized carbons (Fsp3) is 0.200. The number of para-hydroxylation sites is 1. The van der Waals surface area contributed by atoms with Gasteiger partial charge >= 0.3 is 0 Å². The molecule has 0 saturated heterocycles. The molecule has 3 aromatic rings. The Morgan fingerprint density at radius 1 is 1.16 bits per heavy atom. The smallest absolute Gasteiger partial charge is 0.227 e. The third kappa shape index (κ3) is 4.07. The number of ether oxygens (including phenoxy) is 1. The zero-order valence-electron chi connectivity index (χ0n) is 14.4. The van der Waals surface area contributed by atoms with Crippen molar-refractivity contribution in [3.8, 4) is 11.4 Å². The Labute approximate surface area is 147 Å². The summed E-state index contributed by atoms with van der Waals surface area (Å²) in [6, 6.07) is 17.5. The van der Waals surface area contributed by atoms with E-state index in [4.69, 9.17) is 4.74 Å². The molecule has 1 heterocycles. The van der Waals surface area contributed by atoms with E-state index in [1.54, 1.807) is 18.2 Å². The van der Waals surface area contributed by atoms with Gasteiger partial charge in [0, 0.05) is 26.0 Å². The largest absolute Gasteiger partial charge is 0.497 e. The van der Waals surface area contributed by atoms with Crippen LogP contribution in [0.4, 0.5) is 0 Å². The molecule has 0 saturated carbocycles. The molecule has 0 unspecified atom stereocenters. The van der Waals surface area contributed by atoms with Crippen LogP contribution in [-0.2, 0) is 17.8 Å². The number of benzene rings is 2. The highest BCUT2D eigenvalue weighted by Crippen LogP contribution is 2.17. The van der Waals surface area contributed by atoms with Crippen molar-refractivity contribution in [1.29, 1.82) is 0 Å². The van der Waals surface area contributed by atoms with Gasteiger partial charge in [-0.15, -0.1) is 0 Å². The number of hydrogen-bond acceptors (Lipinski definition) is 3. The first-order chi connectivity index (χ1) is 12.2. The molecule has 3 rings (SSSR count). The molecule has 1 aromatic heterocycles. The zero-order chi connectivity index (χ0) is 17.6. The topological polar surface area (TPSA) is 47.4 Å². The second-order valence-corrected chi connectivity index (χ2v) is 5.86. The minimum atomic E-state index is 0.0588. The molecule has 0 spiro atoms. The van der Waals surface area contributed by atoms with Crippen LogP contribution in [0.3, 0.4) is 0 Å². The van der Waals surface area contributed by atoms with E-state index in [1.807, 2.05) is 72.5 Å².